The molecule has 0 spiro atoms. The van der Waals surface area contributed by atoms with Crippen LogP contribution in [0.1, 0.15) is 23.1 Å². The molecule has 0 bridgehead atoms. The molecule has 29 heavy (non-hydrogen) atoms. The molecule has 8 heteroatoms. The fraction of sp³-hybridized carbons (Fsp3) is 0.381. The Labute approximate surface area is 172 Å². The van der Waals surface area contributed by atoms with Gasteiger partial charge in [0.25, 0.3) is 0 Å². The lowest BCUT2D eigenvalue weighted by atomic mass is 10.1. The third-order valence-electron chi connectivity index (χ3n) is 4.59. The quantitative estimate of drug-likeness (QED) is 0.574. The number of aryl methyl sites for hydroxylation is 1. The number of sulfone groups is 1. The standard InChI is InChI=1S/C21H27N3O4S/c1-15-11-16(6-8-20(15)29(3,25)26)13-23-21(22-2)24-14-17-5-7-18-19(12-17)28-10-4-9-27-18/h5-8,11-12H,4,9-10,13-14H2,1-3H3,(H2,22,23,24). The summed E-state index contributed by atoms with van der Waals surface area (Å²) in [6.07, 6.45) is 2.10. The van der Waals surface area contributed by atoms with E-state index in [4.69, 9.17) is 9.47 Å². The molecule has 0 aliphatic carbocycles. The van der Waals surface area contributed by atoms with Crippen molar-refractivity contribution in [1.29, 1.82) is 0 Å². The summed E-state index contributed by atoms with van der Waals surface area (Å²) in [4.78, 5) is 4.60. The van der Waals surface area contributed by atoms with Crippen molar-refractivity contribution in [3.8, 4) is 11.5 Å². The van der Waals surface area contributed by atoms with E-state index >= 15 is 0 Å². The van der Waals surface area contributed by atoms with Gasteiger partial charge in [-0.2, -0.15) is 0 Å². The van der Waals surface area contributed by atoms with Crippen molar-refractivity contribution in [2.24, 2.45) is 4.99 Å². The lowest BCUT2D eigenvalue weighted by Gasteiger charge is -2.14. The van der Waals surface area contributed by atoms with Gasteiger partial charge in [-0.1, -0.05) is 18.2 Å². The first-order valence-corrected chi connectivity index (χ1v) is 11.4. The molecule has 0 aromatic heterocycles. The molecular weight excluding hydrogens is 390 g/mol. The summed E-state index contributed by atoms with van der Waals surface area (Å²) in [6, 6.07) is 11.2. The smallest absolute Gasteiger partial charge is 0.191 e. The number of fused-ring (bicyclic) bond motifs is 1. The number of nitrogens with one attached hydrogen (secondary N) is 2. The number of hydrogen-bond donors (Lipinski definition) is 2. The zero-order valence-electron chi connectivity index (χ0n) is 17.0. The summed E-state index contributed by atoms with van der Waals surface area (Å²) in [5.41, 5.74) is 2.78. The Bertz CT molecular complexity index is 1000. The van der Waals surface area contributed by atoms with E-state index in [2.05, 4.69) is 15.6 Å². The van der Waals surface area contributed by atoms with Crippen LogP contribution in [0.2, 0.25) is 0 Å². The average molecular weight is 418 g/mol. The lowest BCUT2D eigenvalue weighted by Crippen LogP contribution is -2.36. The Balaban J connectivity index is 1.58. The Morgan fingerprint density at radius 3 is 2.24 bits per heavy atom. The van der Waals surface area contributed by atoms with Crippen LogP contribution in [0.25, 0.3) is 0 Å². The van der Waals surface area contributed by atoms with Gasteiger partial charge in [-0.3, -0.25) is 4.99 Å². The van der Waals surface area contributed by atoms with Crippen molar-refractivity contribution in [2.75, 3.05) is 26.5 Å². The second-order valence-electron chi connectivity index (χ2n) is 6.98. The number of nitrogens with zero attached hydrogens (tertiary/aromatic N) is 1. The van der Waals surface area contributed by atoms with Crippen molar-refractivity contribution in [1.82, 2.24) is 10.6 Å². The van der Waals surface area contributed by atoms with E-state index in [-0.39, 0.29) is 0 Å². The van der Waals surface area contributed by atoms with Crippen LogP contribution in [0.3, 0.4) is 0 Å². The van der Waals surface area contributed by atoms with Crippen molar-refractivity contribution >= 4 is 15.8 Å². The molecule has 0 saturated carbocycles. The number of aliphatic imine (C=N–C) groups is 1. The van der Waals surface area contributed by atoms with Crippen LogP contribution in [0.4, 0.5) is 0 Å². The summed E-state index contributed by atoms with van der Waals surface area (Å²) in [5, 5.41) is 6.52. The number of hydrogen-bond acceptors (Lipinski definition) is 5. The zero-order valence-corrected chi connectivity index (χ0v) is 17.8. The minimum absolute atomic E-state index is 0.359. The molecule has 3 rings (SSSR count). The van der Waals surface area contributed by atoms with Gasteiger partial charge in [-0.15, -0.1) is 0 Å². The van der Waals surface area contributed by atoms with Crippen LogP contribution in [0.5, 0.6) is 11.5 Å². The summed E-state index contributed by atoms with van der Waals surface area (Å²) in [6.45, 7) is 4.25. The predicted octanol–water partition coefficient (Wildman–Crippen LogP) is 2.43. The molecule has 156 valence electrons. The van der Waals surface area contributed by atoms with Gasteiger partial charge in [0, 0.05) is 32.8 Å². The van der Waals surface area contributed by atoms with E-state index in [1.54, 1.807) is 20.0 Å². The Morgan fingerprint density at radius 1 is 1.00 bits per heavy atom. The van der Waals surface area contributed by atoms with E-state index in [1.165, 1.54) is 6.26 Å². The number of guanidine groups is 1. The fourth-order valence-corrected chi connectivity index (χ4v) is 4.11. The fourth-order valence-electron chi connectivity index (χ4n) is 3.15. The monoisotopic (exact) mass is 417 g/mol. The molecule has 2 aromatic carbocycles. The highest BCUT2D eigenvalue weighted by Gasteiger charge is 2.12. The van der Waals surface area contributed by atoms with E-state index in [9.17, 15) is 8.42 Å². The normalized spacial score (nSPS) is 14.2. The molecular formula is C21H27N3O4S. The molecule has 2 N–H and O–H groups in total. The van der Waals surface area contributed by atoms with Crippen LogP contribution in [-0.4, -0.2) is 40.9 Å². The van der Waals surface area contributed by atoms with Crippen molar-refractivity contribution in [3.05, 3.63) is 53.1 Å². The van der Waals surface area contributed by atoms with E-state index in [0.717, 1.165) is 34.6 Å². The Hall–Kier alpha value is -2.74. The third kappa shape index (κ3) is 5.63. The molecule has 0 atom stereocenters. The molecule has 0 radical (unpaired) electrons. The van der Waals surface area contributed by atoms with Gasteiger partial charge in [0.1, 0.15) is 0 Å². The van der Waals surface area contributed by atoms with E-state index in [1.807, 2.05) is 30.3 Å². The highest BCUT2D eigenvalue weighted by molar-refractivity contribution is 7.90. The molecule has 0 unspecified atom stereocenters. The summed E-state index contributed by atoms with van der Waals surface area (Å²) >= 11 is 0. The highest BCUT2D eigenvalue weighted by atomic mass is 32.2. The van der Waals surface area contributed by atoms with E-state index in [0.29, 0.717) is 37.2 Å². The Morgan fingerprint density at radius 2 is 1.62 bits per heavy atom. The highest BCUT2D eigenvalue weighted by Crippen LogP contribution is 2.30. The minimum atomic E-state index is -3.21. The maximum absolute atomic E-state index is 11.7. The minimum Gasteiger partial charge on any atom is -0.490 e. The molecule has 1 aliphatic heterocycles. The molecule has 1 aliphatic rings. The summed E-state index contributed by atoms with van der Waals surface area (Å²) in [7, 11) is -1.50. The average Bonchev–Trinajstić information content (AvgIpc) is 2.92. The van der Waals surface area contributed by atoms with Crippen LogP contribution in [0.15, 0.2) is 46.3 Å². The summed E-state index contributed by atoms with van der Waals surface area (Å²) < 4.78 is 34.9. The second kappa shape index (κ2) is 9.17. The molecule has 1 heterocycles. The largest absolute Gasteiger partial charge is 0.490 e. The lowest BCUT2D eigenvalue weighted by molar-refractivity contribution is 0.297. The van der Waals surface area contributed by atoms with Gasteiger partial charge in [0.2, 0.25) is 0 Å². The number of rotatable bonds is 5. The number of benzene rings is 2. The van der Waals surface area contributed by atoms with Gasteiger partial charge in [-0.25, -0.2) is 8.42 Å². The topological polar surface area (TPSA) is 89.0 Å². The van der Waals surface area contributed by atoms with Crippen molar-refractivity contribution < 1.29 is 17.9 Å². The van der Waals surface area contributed by atoms with Gasteiger partial charge in [0.05, 0.1) is 18.1 Å². The van der Waals surface area contributed by atoms with Gasteiger partial charge < -0.3 is 20.1 Å². The molecule has 7 nitrogen and oxygen atoms in total. The van der Waals surface area contributed by atoms with Crippen molar-refractivity contribution in [2.45, 2.75) is 31.3 Å². The van der Waals surface area contributed by atoms with Gasteiger partial charge in [-0.05, 0) is 41.8 Å². The Kier molecular flexibility index (Phi) is 6.64. The van der Waals surface area contributed by atoms with Crippen LogP contribution >= 0.6 is 0 Å². The third-order valence-corrected chi connectivity index (χ3v) is 5.85. The molecule has 0 fully saturated rings. The second-order valence-corrected chi connectivity index (χ2v) is 8.97. The number of ether oxygens (including phenoxy) is 2. The van der Waals surface area contributed by atoms with Gasteiger partial charge >= 0.3 is 0 Å². The molecule has 0 saturated heterocycles. The summed E-state index contributed by atoms with van der Waals surface area (Å²) in [5.74, 6) is 2.20. The zero-order chi connectivity index (χ0) is 20.9. The molecule has 0 amide bonds. The first kappa shape index (κ1) is 21.0. The van der Waals surface area contributed by atoms with Crippen LogP contribution in [-0.2, 0) is 22.9 Å². The SMILES string of the molecule is CN=C(NCc1ccc(S(C)(=O)=O)c(C)c1)NCc1ccc2c(c1)OCCCO2. The first-order valence-electron chi connectivity index (χ1n) is 9.49. The van der Waals surface area contributed by atoms with Crippen LogP contribution < -0.4 is 20.1 Å². The first-order chi connectivity index (χ1) is 13.9. The van der Waals surface area contributed by atoms with Crippen LogP contribution in [0, 0.1) is 6.92 Å². The predicted molar refractivity (Wildman–Crippen MR) is 113 cm³/mol. The molecule has 2 aromatic rings. The van der Waals surface area contributed by atoms with Gasteiger partial charge in [0.15, 0.2) is 27.3 Å². The van der Waals surface area contributed by atoms with Crippen molar-refractivity contribution in [3.63, 3.8) is 0 Å². The van der Waals surface area contributed by atoms with E-state index < -0.39 is 9.84 Å². The maximum atomic E-state index is 11.7. The maximum Gasteiger partial charge on any atom is 0.191 e.